The number of rotatable bonds is 5. The Morgan fingerprint density at radius 1 is 1.18 bits per heavy atom. The van der Waals surface area contributed by atoms with E-state index in [1.165, 1.54) is 18.3 Å². The number of carbonyl (C=O) groups is 1. The van der Waals surface area contributed by atoms with Crippen LogP contribution in [0.25, 0.3) is 11.3 Å². The number of nitrogens with zero attached hydrogens (tertiary/aromatic N) is 3. The number of amides is 1. The molecule has 10 heteroatoms. The van der Waals surface area contributed by atoms with Crippen LogP contribution in [-0.4, -0.2) is 41.5 Å². The highest BCUT2D eigenvalue weighted by Crippen LogP contribution is 2.38. The molecule has 0 saturated carbocycles. The minimum absolute atomic E-state index is 0.134. The van der Waals surface area contributed by atoms with Gasteiger partial charge in [0.15, 0.2) is 0 Å². The van der Waals surface area contributed by atoms with Gasteiger partial charge in [-0.25, -0.2) is 23.1 Å². The molecule has 0 unspecified atom stereocenters. The number of sulfonamides is 1. The van der Waals surface area contributed by atoms with Crippen molar-refractivity contribution in [2.45, 2.75) is 37.6 Å². The summed E-state index contributed by atoms with van der Waals surface area (Å²) in [6, 6.07) is 12.5. The molecule has 4 rings (SSSR count). The molecule has 0 aliphatic carbocycles. The van der Waals surface area contributed by atoms with Crippen LogP contribution in [0.5, 0.6) is 5.75 Å². The summed E-state index contributed by atoms with van der Waals surface area (Å²) >= 11 is 0. The molecule has 1 saturated heterocycles. The Bertz CT molecular complexity index is 1340. The Morgan fingerprint density at radius 2 is 1.88 bits per heavy atom. The summed E-state index contributed by atoms with van der Waals surface area (Å²) in [6.07, 6.45) is 2.26. The lowest BCUT2D eigenvalue weighted by molar-refractivity contribution is 0.0981. The molecule has 1 amide bonds. The van der Waals surface area contributed by atoms with Gasteiger partial charge in [-0.2, -0.15) is 0 Å². The van der Waals surface area contributed by atoms with Crippen molar-refractivity contribution in [3.63, 3.8) is 0 Å². The average Bonchev–Trinajstić information content (AvgIpc) is 3.05. The van der Waals surface area contributed by atoms with Crippen LogP contribution in [0.4, 0.5) is 11.6 Å². The second-order valence-corrected chi connectivity index (χ2v) is 10.8. The molecule has 0 bridgehead atoms. The molecule has 2 aromatic heterocycles. The number of pyridine rings is 2. The molecular weight excluding hydrogens is 454 g/mol. The van der Waals surface area contributed by atoms with E-state index in [-0.39, 0.29) is 27.6 Å². The highest BCUT2D eigenvalue weighted by molar-refractivity contribution is 7.90. The van der Waals surface area contributed by atoms with Gasteiger partial charge >= 0.3 is 0 Å². The predicted molar refractivity (Wildman–Crippen MR) is 130 cm³/mol. The Balaban J connectivity index is 1.77. The lowest BCUT2D eigenvalue weighted by atomic mass is 9.97. The maximum absolute atomic E-state index is 13.3. The molecule has 0 spiro atoms. The Hall–Kier alpha value is -3.66. The molecule has 1 fully saturated rings. The number of hydrogen-bond donors (Lipinski definition) is 3. The van der Waals surface area contributed by atoms with Crippen LogP contribution in [0.1, 0.15) is 37.6 Å². The first-order valence-corrected chi connectivity index (χ1v) is 12.3. The molecule has 3 aromatic rings. The predicted octanol–water partition coefficient (Wildman–Crippen LogP) is 3.17. The van der Waals surface area contributed by atoms with Crippen LogP contribution in [0.2, 0.25) is 0 Å². The molecule has 0 radical (unpaired) electrons. The maximum Gasteiger partial charge on any atom is 0.268 e. The number of phenolic OH excluding ortho intramolecular Hbond substituents is 1. The summed E-state index contributed by atoms with van der Waals surface area (Å²) in [5.41, 5.74) is 6.92. The largest absolute Gasteiger partial charge is 0.508 e. The number of benzene rings is 1. The minimum Gasteiger partial charge on any atom is -0.508 e. The summed E-state index contributed by atoms with van der Waals surface area (Å²) in [5.74, 6) is -0.109. The third-order valence-electron chi connectivity index (χ3n) is 5.93. The van der Waals surface area contributed by atoms with Crippen molar-refractivity contribution in [1.82, 2.24) is 14.7 Å². The van der Waals surface area contributed by atoms with Crippen LogP contribution < -0.4 is 15.4 Å². The van der Waals surface area contributed by atoms with E-state index in [0.29, 0.717) is 24.0 Å². The summed E-state index contributed by atoms with van der Waals surface area (Å²) < 4.78 is 27.8. The smallest absolute Gasteiger partial charge is 0.268 e. The molecule has 1 aliphatic rings. The zero-order valence-corrected chi connectivity index (χ0v) is 20.0. The average molecular weight is 482 g/mol. The normalized spacial score (nSPS) is 17.5. The van der Waals surface area contributed by atoms with E-state index in [2.05, 4.69) is 30.5 Å². The van der Waals surface area contributed by atoms with Crippen molar-refractivity contribution in [2.75, 3.05) is 17.2 Å². The number of nitrogen functional groups attached to an aromatic ring is 1. The van der Waals surface area contributed by atoms with Gasteiger partial charge in [-0.1, -0.05) is 6.92 Å². The SMILES string of the molecule is C[C@@H]1CN(c2nc(-c3ccc(O)cc3)ccc2C(=O)NS(=O)(=O)c2cccnc2N)C(C)(C)C1. The van der Waals surface area contributed by atoms with Gasteiger partial charge in [0.05, 0.1) is 11.3 Å². The van der Waals surface area contributed by atoms with E-state index >= 15 is 0 Å². The van der Waals surface area contributed by atoms with Gasteiger partial charge in [-0.05, 0) is 74.7 Å². The Kier molecular flexibility index (Phi) is 5.94. The van der Waals surface area contributed by atoms with E-state index in [1.54, 1.807) is 36.4 Å². The highest BCUT2D eigenvalue weighted by Gasteiger charge is 2.39. The van der Waals surface area contributed by atoms with Crippen LogP contribution in [0.15, 0.2) is 59.6 Å². The van der Waals surface area contributed by atoms with Gasteiger partial charge in [0.25, 0.3) is 15.9 Å². The monoisotopic (exact) mass is 481 g/mol. The van der Waals surface area contributed by atoms with Crippen LogP contribution in [0, 0.1) is 5.92 Å². The first-order chi connectivity index (χ1) is 16.0. The summed E-state index contributed by atoms with van der Waals surface area (Å²) in [5, 5.41) is 9.62. The fourth-order valence-corrected chi connectivity index (χ4v) is 5.50. The second kappa shape index (κ2) is 8.60. The van der Waals surface area contributed by atoms with Crippen molar-refractivity contribution in [2.24, 2.45) is 5.92 Å². The van der Waals surface area contributed by atoms with Gasteiger partial charge in [0.1, 0.15) is 22.3 Å². The van der Waals surface area contributed by atoms with E-state index in [1.807, 2.05) is 4.90 Å². The fraction of sp³-hybridized carbons (Fsp3) is 0.292. The number of carbonyl (C=O) groups excluding carboxylic acids is 1. The van der Waals surface area contributed by atoms with E-state index < -0.39 is 15.9 Å². The summed E-state index contributed by atoms with van der Waals surface area (Å²) in [7, 11) is -4.25. The lowest BCUT2D eigenvalue weighted by Crippen LogP contribution is -2.41. The van der Waals surface area contributed by atoms with Gasteiger partial charge in [0, 0.05) is 23.8 Å². The molecule has 178 valence electrons. The molecule has 1 aromatic carbocycles. The first-order valence-electron chi connectivity index (χ1n) is 10.8. The maximum atomic E-state index is 13.3. The number of hydrogen-bond acceptors (Lipinski definition) is 8. The summed E-state index contributed by atoms with van der Waals surface area (Å²) in [6.45, 7) is 6.93. The number of nitrogens with two attached hydrogens (primary N) is 1. The summed E-state index contributed by atoms with van der Waals surface area (Å²) in [4.78, 5) is 23.6. The molecular formula is C24H27N5O4S. The van der Waals surface area contributed by atoms with Crippen molar-refractivity contribution in [3.05, 3.63) is 60.3 Å². The molecule has 9 nitrogen and oxygen atoms in total. The van der Waals surface area contributed by atoms with Crippen LogP contribution >= 0.6 is 0 Å². The molecule has 1 aliphatic heterocycles. The van der Waals surface area contributed by atoms with Crippen molar-refractivity contribution < 1.29 is 18.3 Å². The zero-order chi connectivity index (χ0) is 24.7. The fourth-order valence-electron chi connectivity index (χ4n) is 4.45. The highest BCUT2D eigenvalue weighted by atomic mass is 32.2. The van der Waals surface area contributed by atoms with Gasteiger partial charge in [0.2, 0.25) is 0 Å². The third kappa shape index (κ3) is 4.54. The molecule has 4 N–H and O–H groups in total. The number of anilines is 2. The molecule has 3 heterocycles. The zero-order valence-electron chi connectivity index (χ0n) is 19.2. The number of phenols is 1. The van der Waals surface area contributed by atoms with Crippen LogP contribution in [0.3, 0.4) is 0 Å². The van der Waals surface area contributed by atoms with Gasteiger partial charge in [-0.15, -0.1) is 0 Å². The number of aromatic hydroxyl groups is 1. The molecule has 1 atom stereocenters. The topological polar surface area (TPSA) is 139 Å². The van der Waals surface area contributed by atoms with Crippen molar-refractivity contribution in [3.8, 4) is 17.0 Å². The Labute approximate surface area is 198 Å². The van der Waals surface area contributed by atoms with Crippen LogP contribution in [-0.2, 0) is 10.0 Å². The van der Waals surface area contributed by atoms with Gasteiger partial charge in [-0.3, -0.25) is 4.79 Å². The first kappa shape index (κ1) is 23.5. The standard InChI is InChI=1S/C24H27N5O4S/c1-15-13-24(2,3)29(14-15)22-18(10-11-19(27-22)16-6-8-17(30)9-7-16)23(31)28-34(32,33)20-5-4-12-26-21(20)25/h4-12,15,30H,13-14H2,1-3H3,(H2,25,26)(H,28,31)/t15-/m0/s1. The second-order valence-electron chi connectivity index (χ2n) is 9.17. The Morgan fingerprint density at radius 3 is 2.50 bits per heavy atom. The van der Waals surface area contributed by atoms with E-state index in [9.17, 15) is 18.3 Å². The lowest BCUT2D eigenvalue weighted by Gasteiger charge is -2.34. The van der Waals surface area contributed by atoms with E-state index in [4.69, 9.17) is 10.7 Å². The van der Waals surface area contributed by atoms with Crippen molar-refractivity contribution >= 4 is 27.6 Å². The number of nitrogens with one attached hydrogen (secondary N) is 1. The van der Waals surface area contributed by atoms with Crippen molar-refractivity contribution in [1.29, 1.82) is 0 Å². The van der Waals surface area contributed by atoms with Gasteiger partial charge < -0.3 is 15.7 Å². The number of aromatic nitrogens is 2. The minimum atomic E-state index is -4.25. The quantitative estimate of drug-likeness (QED) is 0.505. The van der Waals surface area contributed by atoms with E-state index in [0.717, 1.165) is 12.0 Å². The third-order valence-corrected chi connectivity index (χ3v) is 7.31. The molecule has 34 heavy (non-hydrogen) atoms.